The third-order valence-corrected chi connectivity index (χ3v) is 6.05. The molecule has 9 heteroatoms. The lowest BCUT2D eigenvalue weighted by Gasteiger charge is -2.33. The summed E-state index contributed by atoms with van der Waals surface area (Å²) < 4.78 is 5.57. The molecular weight excluding hydrogens is 400 g/mol. The van der Waals surface area contributed by atoms with Crippen molar-refractivity contribution in [1.82, 2.24) is 29.7 Å². The van der Waals surface area contributed by atoms with E-state index in [2.05, 4.69) is 31.8 Å². The maximum Gasteiger partial charge on any atom is 0.415 e. The van der Waals surface area contributed by atoms with Gasteiger partial charge in [-0.1, -0.05) is 23.9 Å². The Kier molecular flexibility index (Phi) is 6.60. The van der Waals surface area contributed by atoms with E-state index in [-0.39, 0.29) is 11.3 Å². The Bertz CT molecular complexity index is 928. The van der Waals surface area contributed by atoms with E-state index in [0.29, 0.717) is 18.8 Å². The van der Waals surface area contributed by atoms with Crippen molar-refractivity contribution in [3.63, 3.8) is 0 Å². The molecule has 1 saturated heterocycles. The molecule has 0 aliphatic carbocycles. The van der Waals surface area contributed by atoms with Crippen molar-refractivity contribution >= 4 is 17.9 Å². The second kappa shape index (κ2) is 9.73. The minimum absolute atomic E-state index is 0.240. The van der Waals surface area contributed by atoms with Crippen LogP contribution in [-0.2, 0) is 6.54 Å². The predicted molar refractivity (Wildman–Crippen MR) is 114 cm³/mol. The molecule has 1 unspecified atom stereocenters. The van der Waals surface area contributed by atoms with E-state index in [0.717, 1.165) is 36.0 Å². The van der Waals surface area contributed by atoms with Gasteiger partial charge in [0, 0.05) is 56.6 Å². The van der Waals surface area contributed by atoms with E-state index >= 15 is 0 Å². The molecule has 1 aliphatic rings. The first-order valence-corrected chi connectivity index (χ1v) is 10.8. The topological polar surface area (TPSA) is 87.2 Å². The summed E-state index contributed by atoms with van der Waals surface area (Å²) in [6.07, 6.45) is 6.56. The molecule has 2 aromatic heterocycles. The fraction of sp³-hybridized carbons (Fsp3) is 0.333. The molecule has 1 amide bonds. The van der Waals surface area contributed by atoms with Crippen LogP contribution in [0, 0.1) is 0 Å². The zero-order valence-electron chi connectivity index (χ0n) is 16.8. The number of H-pyrrole nitrogens is 1. The van der Waals surface area contributed by atoms with E-state index in [1.807, 2.05) is 36.5 Å². The number of ether oxygens (including phenoxy) is 1. The minimum Gasteiger partial charge on any atom is -0.410 e. The minimum atomic E-state index is -0.303. The number of nitrogens with one attached hydrogen (secondary N) is 1. The van der Waals surface area contributed by atoms with Crippen molar-refractivity contribution in [1.29, 1.82) is 0 Å². The van der Waals surface area contributed by atoms with Crippen molar-refractivity contribution in [2.45, 2.75) is 23.9 Å². The number of carbonyl (C=O) groups excluding carboxylic acids is 1. The van der Waals surface area contributed by atoms with Gasteiger partial charge in [-0.15, -0.1) is 0 Å². The molecule has 30 heavy (non-hydrogen) atoms. The zero-order chi connectivity index (χ0) is 20.8. The van der Waals surface area contributed by atoms with Gasteiger partial charge in [0.15, 0.2) is 5.16 Å². The number of imidazole rings is 1. The number of rotatable bonds is 6. The Morgan fingerprint density at radius 1 is 1.13 bits per heavy atom. The van der Waals surface area contributed by atoms with Crippen LogP contribution in [0.5, 0.6) is 5.75 Å². The quantitative estimate of drug-likeness (QED) is 0.607. The van der Waals surface area contributed by atoms with Gasteiger partial charge in [0.1, 0.15) is 12.1 Å². The number of hydrogen-bond acceptors (Lipinski definition) is 7. The molecule has 3 aromatic rings. The second-order valence-corrected chi connectivity index (χ2v) is 8.38. The summed E-state index contributed by atoms with van der Waals surface area (Å²) in [6, 6.07) is 9.58. The summed E-state index contributed by atoms with van der Waals surface area (Å²) in [5.74, 6) is 0.558. The lowest BCUT2D eigenvalue weighted by molar-refractivity contribution is 0.107. The van der Waals surface area contributed by atoms with Crippen LogP contribution in [0.1, 0.15) is 23.4 Å². The number of nitrogens with zero attached hydrogens (tertiary/aromatic N) is 5. The number of hydrogen-bond donors (Lipinski definition) is 1. The lowest BCUT2D eigenvalue weighted by Crippen LogP contribution is -2.49. The van der Waals surface area contributed by atoms with Crippen LogP contribution in [0.3, 0.4) is 0 Å². The maximum atomic E-state index is 12.5. The maximum absolute atomic E-state index is 12.5. The highest BCUT2D eigenvalue weighted by Gasteiger charge is 2.23. The summed E-state index contributed by atoms with van der Waals surface area (Å²) in [5, 5.41) is 1.13. The highest BCUT2D eigenvalue weighted by Crippen LogP contribution is 2.33. The van der Waals surface area contributed by atoms with Crippen LogP contribution in [-0.4, -0.2) is 62.0 Å². The first-order valence-electron chi connectivity index (χ1n) is 9.87. The Morgan fingerprint density at radius 2 is 1.93 bits per heavy atom. The Labute approximate surface area is 179 Å². The summed E-state index contributed by atoms with van der Waals surface area (Å²) >= 11 is 1.65. The fourth-order valence-corrected chi connectivity index (χ4v) is 4.14. The highest BCUT2D eigenvalue weighted by atomic mass is 32.2. The molecular formula is C21H24N6O2S. The molecule has 1 atom stereocenters. The van der Waals surface area contributed by atoms with Crippen molar-refractivity contribution in [3.05, 3.63) is 66.5 Å². The van der Waals surface area contributed by atoms with Gasteiger partial charge in [0.25, 0.3) is 0 Å². The summed E-state index contributed by atoms with van der Waals surface area (Å²) in [4.78, 5) is 32.1. The van der Waals surface area contributed by atoms with Crippen molar-refractivity contribution < 1.29 is 9.53 Å². The predicted octanol–water partition coefficient (Wildman–Crippen LogP) is 3.37. The first-order chi connectivity index (χ1) is 14.7. The Morgan fingerprint density at radius 3 is 2.60 bits per heavy atom. The summed E-state index contributed by atoms with van der Waals surface area (Å²) in [5.41, 5.74) is 2.13. The van der Waals surface area contributed by atoms with Crippen LogP contribution in [0.2, 0.25) is 0 Å². The van der Waals surface area contributed by atoms with E-state index in [9.17, 15) is 4.79 Å². The Balaban J connectivity index is 1.25. The molecule has 8 nitrogen and oxygen atoms in total. The molecule has 0 spiro atoms. The highest BCUT2D eigenvalue weighted by molar-refractivity contribution is 7.99. The number of amides is 1. The molecule has 0 saturated carbocycles. The molecule has 156 valence electrons. The van der Waals surface area contributed by atoms with Crippen molar-refractivity contribution in [2.24, 2.45) is 0 Å². The number of aromatic amines is 1. The summed E-state index contributed by atoms with van der Waals surface area (Å²) in [7, 11) is 0. The van der Waals surface area contributed by atoms with Crippen LogP contribution < -0.4 is 4.74 Å². The SMILES string of the molecule is CC(Sc1ncc[nH]1)c1ccc(OC(=O)N2CCN(Cc3ccncn3)CC2)cc1. The molecule has 4 rings (SSSR count). The normalized spacial score (nSPS) is 15.7. The van der Waals surface area contributed by atoms with Crippen molar-refractivity contribution in [3.8, 4) is 5.75 Å². The Hall–Kier alpha value is -2.91. The average Bonchev–Trinajstić information content (AvgIpc) is 3.28. The number of carbonyl (C=O) groups is 1. The van der Waals surface area contributed by atoms with Gasteiger partial charge in [-0.25, -0.2) is 19.7 Å². The van der Waals surface area contributed by atoms with Gasteiger partial charge in [-0.3, -0.25) is 4.90 Å². The smallest absolute Gasteiger partial charge is 0.410 e. The van der Waals surface area contributed by atoms with Crippen LogP contribution in [0.15, 0.2) is 60.4 Å². The monoisotopic (exact) mass is 424 g/mol. The molecule has 1 aliphatic heterocycles. The zero-order valence-corrected chi connectivity index (χ0v) is 17.6. The van der Waals surface area contributed by atoms with Gasteiger partial charge in [0.2, 0.25) is 0 Å². The van der Waals surface area contributed by atoms with E-state index in [1.165, 1.54) is 0 Å². The van der Waals surface area contributed by atoms with Gasteiger partial charge in [-0.05, 0) is 30.7 Å². The third-order valence-electron chi connectivity index (χ3n) is 4.98. The molecule has 1 fully saturated rings. The van der Waals surface area contributed by atoms with Crippen LogP contribution >= 0.6 is 11.8 Å². The van der Waals surface area contributed by atoms with Gasteiger partial charge >= 0.3 is 6.09 Å². The number of thioether (sulfide) groups is 1. The lowest BCUT2D eigenvalue weighted by atomic mass is 10.1. The molecule has 1 aromatic carbocycles. The van der Waals surface area contributed by atoms with Crippen LogP contribution in [0.25, 0.3) is 0 Å². The second-order valence-electron chi connectivity index (χ2n) is 7.06. The summed E-state index contributed by atoms with van der Waals surface area (Å²) in [6.45, 7) is 5.74. The number of benzene rings is 1. The fourth-order valence-electron chi connectivity index (χ4n) is 3.25. The van der Waals surface area contributed by atoms with Crippen molar-refractivity contribution in [2.75, 3.05) is 26.2 Å². The van der Waals surface area contributed by atoms with E-state index in [4.69, 9.17) is 4.74 Å². The number of piperazine rings is 1. The molecule has 0 bridgehead atoms. The van der Waals surface area contributed by atoms with E-state index in [1.54, 1.807) is 35.4 Å². The molecule has 3 heterocycles. The number of aromatic nitrogens is 4. The van der Waals surface area contributed by atoms with Crippen LogP contribution in [0.4, 0.5) is 4.79 Å². The third kappa shape index (κ3) is 5.37. The van der Waals surface area contributed by atoms with Gasteiger partial charge in [0.05, 0.1) is 5.69 Å². The first kappa shape index (κ1) is 20.4. The average molecular weight is 425 g/mol. The molecule has 1 N–H and O–H groups in total. The van der Waals surface area contributed by atoms with Gasteiger partial charge in [-0.2, -0.15) is 0 Å². The van der Waals surface area contributed by atoms with E-state index < -0.39 is 0 Å². The standard InChI is InChI=1S/C21H24N6O2S/c1-16(30-20-23-8-9-24-20)17-2-4-19(5-3-17)29-21(28)27-12-10-26(11-13-27)14-18-6-7-22-15-25-18/h2-9,15-16H,10-14H2,1H3,(H,23,24). The largest absolute Gasteiger partial charge is 0.415 e. The van der Waals surface area contributed by atoms with Gasteiger partial charge < -0.3 is 14.6 Å². The molecule has 0 radical (unpaired) electrons.